The molecule has 1 rings (SSSR count). The van der Waals surface area contributed by atoms with E-state index in [1.807, 2.05) is 0 Å². The van der Waals surface area contributed by atoms with Crippen molar-refractivity contribution in [2.75, 3.05) is 7.11 Å². The summed E-state index contributed by atoms with van der Waals surface area (Å²) < 4.78 is 40.2. The lowest BCUT2D eigenvalue weighted by molar-refractivity contribution is 0.0586. The lowest BCUT2D eigenvalue weighted by atomic mass is 10.5. The van der Waals surface area contributed by atoms with Crippen LogP contribution in [0.15, 0.2) is 12.4 Å². The van der Waals surface area contributed by atoms with Gasteiger partial charge >= 0.3 is 16.5 Å². The predicted octanol–water partition coefficient (Wildman–Crippen LogP) is -0.144. The normalized spacial score (nSPS) is 10.8. The molecule has 0 radical (unpaired) electrons. The van der Waals surface area contributed by atoms with Crippen molar-refractivity contribution >= 4 is 16.5 Å². The maximum atomic E-state index is 12.0. The first kappa shape index (κ1) is 11.3. The number of esters is 1. The van der Waals surface area contributed by atoms with Crippen molar-refractivity contribution in [3.63, 3.8) is 0 Å². The molecule has 0 aliphatic heterocycles. The molecule has 0 unspecified atom stereocenters. The van der Waals surface area contributed by atoms with E-state index >= 15 is 0 Å². The molecule has 0 aliphatic rings. The third kappa shape index (κ3) is 3.46. The molecule has 0 bridgehead atoms. The molecule has 0 N–H and O–H groups in total. The van der Waals surface area contributed by atoms with E-state index in [4.69, 9.17) is 0 Å². The molecule has 1 aromatic rings. The minimum Gasteiger partial charge on any atom is -0.463 e. The molecule has 0 atom stereocenters. The molecule has 9 heteroatoms. The molecule has 0 amide bonds. The summed E-state index contributed by atoms with van der Waals surface area (Å²) in [6.07, 6.45) is 1.66. The molecule has 0 saturated carbocycles. The second-order valence-corrected chi connectivity index (χ2v) is 3.16. The van der Waals surface area contributed by atoms with Crippen LogP contribution in [0.2, 0.25) is 0 Å². The Morgan fingerprint density at radius 2 is 1.93 bits per heavy atom. The van der Waals surface area contributed by atoms with Crippen LogP contribution in [-0.2, 0) is 15.2 Å². The fourth-order valence-corrected chi connectivity index (χ4v) is 0.987. The van der Waals surface area contributed by atoms with Crippen molar-refractivity contribution in [3.05, 3.63) is 18.2 Å². The molecule has 0 fully saturated rings. The van der Waals surface area contributed by atoms with Gasteiger partial charge in [0.05, 0.1) is 19.5 Å². The Labute approximate surface area is 84.3 Å². The van der Waals surface area contributed by atoms with Gasteiger partial charge < -0.3 is 8.92 Å². The Morgan fingerprint density at radius 3 is 2.33 bits per heavy atom. The van der Waals surface area contributed by atoms with Gasteiger partial charge in [-0.1, -0.05) is 3.89 Å². The average Bonchev–Trinajstić information content (AvgIpc) is 2.15. The molecular weight excluding hydrogens is 231 g/mol. The molecule has 15 heavy (non-hydrogen) atoms. The summed E-state index contributed by atoms with van der Waals surface area (Å²) in [5.41, 5.74) is 0. The molecule has 1 heterocycles. The number of nitrogens with zero attached hydrogens (tertiary/aromatic N) is 2. The zero-order valence-electron chi connectivity index (χ0n) is 7.38. The van der Waals surface area contributed by atoms with E-state index in [1.54, 1.807) is 0 Å². The van der Waals surface area contributed by atoms with Crippen LogP contribution in [-0.4, -0.2) is 31.5 Å². The molecular formula is C6H5FN2O5S. The van der Waals surface area contributed by atoms with Gasteiger partial charge in [-0.3, -0.25) is 0 Å². The van der Waals surface area contributed by atoms with Gasteiger partial charge in [-0.25, -0.2) is 14.8 Å². The van der Waals surface area contributed by atoms with Gasteiger partial charge in [0, 0.05) is 0 Å². The van der Waals surface area contributed by atoms with Gasteiger partial charge in [-0.15, -0.1) is 0 Å². The molecule has 0 aromatic carbocycles. The number of aromatic nitrogens is 2. The van der Waals surface area contributed by atoms with Crippen molar-refractivity contribution in [2.45, 2.75) is 0 Å². The molecule has 82 valence electrons. The number of methoxy groups -OCH3 is 1. The SMILES string of the molecule is COC(=O)c1ncc(OS(=O)(=O)F)cn1. The molecule has 7 nitrogen and oxygen atoms in total. The van der Waals surface area contributed by atoms with Gasteiger partial charge in [0.1, 0.15) is 0 Å². The summed E-state index contributed by atoms with van der Waals surface area (Å²) in [6, 6.07) is 0. The largest absolute Gasteiger partial charge is 0.488 e. The number of carbonyl (C=O) groups excluding carboxylic acids is 1. The van der Waals surface area contributed by atoms with Crippen molar-refractivity contribution in [3.8, 4) is 5.75 Å². The van der Waals surface area contributed by atoms with E-state index in [1.165, 1.54) is 0 Å². The highest BCUT2D eigenvalue weighted by molar-refractivity contribution is 7.81. The van der Waals surface area contributed by atoms with Crippen LogP contribution in [0, 0.1) is 0 Å². The summed E-state index contributed by atoms with van der Waals surface area (Å²) in [5, 5.41) is 0. The third-order valence-corrected chi connectivity index (χ3v) is 1.58. The van der Waals surface area contributed by atoms with Crippen LogP contribution < -0.4 is 4.18 Å². The highest BCUT2D eigenvalue weighted by atomic mass is 32.3. The van der Waals surface area contributed by atoms with Crippen LogP contribution in [0.5, 0.6) is 5.75 Å². The van der Waals surface area contributed by atoms with Gasteiger partial charge in [0.15, 0.2) is 5.75 Å². The monoisotopic (exact) mass is 236 g/mol. The maximum absolute atomic E-state index is 12.0. The second-order valence-electron chi connectivity index (χ2n) is 2.21. The fraction of sp³-hybridized carbons (Fsp3) is 0.167. The van der Waals surface area contributed by atoms with E-state index in [0.29, 0.717) is 0 Å². The number of halogens is 1. The van der Waals surface area contributed by atoms with Gasteiger partial charge in [0.2, 0.25) is 5.82 Å². The number of hydrogen-bond acceptors (Lipinski definition) is 7. The van der Waals surface area contributed by atoms with Crippen LogP contribution in [0.4, 0.5) is 3.89 Å². The predicted molar refractivity (Wildman–Crippen MR) is 44.0 cm³/mol. The number of rotatable bonds is 3. The first-order chi connectivity index (χ1) is 6.92. The minimum absolute atomic E-state index is 0.291. The summed E-state index contributed by atoms with van der Waals surface area (Å²) in [7, 11) is -3.98. The highest BCUT2D eigenvalue weighted by Gasteiger charge is 2.13. The van der Waals surface area contributed by atoms with Crippen molar-refractivity contribution in [1.29, 1.82) is 0 Å². The Balaban J connectivity index is 2.86. The molecule has 0 aliphatic carbocycles. The topological polar surface area (TPSA) is 95.5 Å². The Morgan fingerprint density at radius 1 is 1.40 bits per heavy atom. The summed E-state index contributed by atoms with van der Waals surface area (Å²) in [5.74, 6) is -1.53. The molecule has 0 spiro atoms. The number of ether oxygens (including phenoxy) is 1. The maximum Gasteiger partial charge on any atom is 0.488 e. The Bertz CT molecular complexity index is 457. The third-order valence-electron chi connectivity index (χ3n) is 1.19. The smallest absolute Gasteiger partial charge is 0.463 e. The zero-order chi connectivity index (χ0) is 11.5. The minimum atomic E-state index is -5.11. The number of hydrogen-bond donors (Lipinski definition) is 0. The van der Waals surface area contributed by atoms with E-state index in [-0.39, 0.29) is 5.82 Å². The molecule has 1 aromatic heterocycles. The zero-order valence-corrected chi connectivity index (χ0v) is 8.19. The van der Waals surface area contributed by atoms with E-state index < -0.39 is 22.2 Å². The highest BCUT2D eigenvalue weighted by Crippen LogP contribution is 2.10. The van der Waals surface area contributed by atoms with E-state index in [2.05, 4.69) is 18.9 Å². The second kappa shape index (κ2) is 4.17. The summed E-state index contributed by atoms with van der Waals surface area (Å²) in [6.45, 7) is 0. The van der Waals surface area contributed by atoms with Crippen LogP contribution in [0.1, 0.15) is 10.6 Å². The standard InChI is InChI=1S/C6H5FN2O5S/c1-13-6(10)5-8-2-4(3-9-5)14-15(7,11)12/h2-3H,1H3. The van der Waals surface area contributed by atoms with Gasteiger partial charge in [-0.2, -0.15) is 8.42 Å². The first-order valence-corrected chi connectivity index (χ1v) is 4.77. The van der Waals surface area contributed by atoms with E-state index in [9.17, 15) is 17.1 Å². The molecule has 0 saturated heterocycles. The van der Waals surface area contributed by atoms with Crippen molar-refractivity contribution in [1.82, 2.24) is 9.97 Å². The Kier molecular flexibility index (Phi) is 3.14. The first-order valence-electron chi connectivity index (χ1n) is 3.47. The summed E-state index contributed by atoms with van der Waals surface area (Å²) >= 11 is 0. The van der Waals surface area contributed by atoms with Gasteiger partial charge in [0.25, 0.3) is 0 Å². The van der Waals surface area contributed by atoms with Crippen LogP contribution >= 0.6 is 0 Å². The van der Waals surface area contributed by atoms with E-state index in [0.717, 1.165) is 19.5 Å². The van der Waals surface area contributed by atoms with Crippen molar-refractivity contribution < 1.29 is 26.0 Å². The fourth-order valence-electron chi connectivity index (χ4n) is 0.671. The van der Waals surface area contributed by atoms with Crippen LogP contribution in [0.3, 0.4) is 0 Å². The summed E-state index contributed by atoms with van der Waals surface area (Å²) in [4.78, 5) is 17.6. The van der Waals surface area contributed by atoms with Crippen molar-refractivity contribution in [2.24, 2.45) is 0 Å². The number of carbonyl (C=O) groups is 1. The van der Waals surface area contributed by atoms with Crippen LogP contribution in [0.25, 0.3) is 0 Å². The van der Waals surface area contributed by atoms with Gasteiger partial charge in [-0.05, 0) is 0 Å². The quantitative estimate of drug-likeness (QED) is 0.532. The average molecular weight is 236 g/mol. The Hall–Kier alpha value is -1.77. The lowest BCUT2D eigenvalue weighted by Gasteiger charge is -1.99. The lowest BCUT2D eigenvalue weighted by Crippen LogP contribution is -2.08.